The molecule has 7 nitrogen and oxygen atoms in total. The summed E-state index contributed by atoms with van der Waals surface area (Å²) in [6.07, 6.45) is 5.74. The van der Waals surface area contributed by atoms with Crippen molar-refractivity contribution in [3.8, 4) is 22.8 Å². The van der Waals surface area contributed by atoms with Crippen molar-refractivity contribution in [3.63, 3.8) is 0 Å². The van der Waals surface area contributed by atoms with Crippen molar-refractivity contribution in [1.82, 2.24) is 15.3 Å². The van der Waals surface area contributed by atoms with Gasteiger partial charge in [-0.15, -0.1) is 0 Å². The fourth-order valence-corrected chi connectivity index (χ4v) is 3.40. The molecule has 0 radical (unpaired) electrons. The largest absolute Gasteiger partial charge is 0.491 e. The first-order valence-electron chi connectivity index (χ1n) is 9.78. The van der Waals surface area contributed by atoms with Gasteiger partial charge in [-0.25, -0.2) is 4.98 Å². The van der Waals surface area contributed by atoms with Crippen LogP contribution in [0.4, 0.5) is 0 Å². The van der Waals surface area contributed by atoms with Crippen LogP contribution in [0.5, 0.6) is 11.6 Å². The van der Waals surface area contributed by atoms with E-state index in [9.17, 15) is 4.79 Å². The van der Waals surface area contributed by atoms with Gasteiger partial charge < -0.3 is 19.5 Å². The second kappa shape index (κ2) is 9.37. The van der Waals surface area contributed by atoms with E-state index < -0.39 is 0 Å². The molecule has 0 bridgehead atoms. The highest BCUT2D eigenvalue weighted by Crippen LogP contribution is 2.34. The molecular weight excluding hydrogens is 382 g/mol. The second-order valence-corrected chi connectivity index (χ2v) is 6.93. The number of ether oxygens (including phenoxy) is 3. The fraction of sp³-hybridized carbons (Fsp3) is 0.261. The molecule has 3 aromatic rings. The average Bonchev–Trinajstić information content (AvgIpc) is 2.80. The van der Waals surface area contributed by atoms with Gasteiger partial charge in [0.15, 0.2) is 0 Å². The number of amides is 1. The Balaban J connectivity index is 1.43. The highest BCUT2D eigenvalue weighted by molar-refractivity contribution is 5.94. The Kier molecular flexibility index (Phi) is 6.20. The predicted molar refractivity (Wildman–Crippen MR) is 112 cm³/mol. The lowest BCUT2D eigenvalue weighted by molar-refractivity contribution is 0.0915. The summed E-state index contributed by atoms with van der Waals surface area (Å²) in [6.45, 7) is 1.31. The molecule has 0 spiro atoms. The van der Waals surface area contributed by atoms with Crippen LogP contribution in [0.25, 0.3) is 11.1 Å². The molecule has 4 rings (SSSR count). The molecule has 0 saturated carbocycles. The molecule has 0 fully saturated rings. The lowest BCUT2D eigenvalue weighted by atomic mass is 9.93. The summed E-state index contributed by atoms with van der Waals surface area (Å²) in [5.41, 5.74) is 3.72. The van der Waals surface area contributed by atoms with Crippen molar-refractivity contribution in [2.45, 2.75) is 12.5 Å². The molecule has 1 amide bonds. The number of pyridine rings is 2. The van der Waals surface area contributed by atoms with Crippen LogP contribution >= 0.6 is 0 Å². The van der Waals surface area contributed by atoms with Gasteiger partial charge in [0.2, 0.25) is 5.88 Å². The van der Waals surface area contributed by atoms with Gasteiger partial charge in [-0.1, -0.05) is 12.1 Å². The van der Waals surface area contributed by atoms with Crippen LogP contribution in [-0.2, 0) is 11.2 Å². The van der Waals surface area contributed by atoms with Crippen molar-refractivity contribution in [1.29, 1.82) is 0 Å². The number of carbonyl (C=O) groups is 1. The predicted octanol–water partition coefficient (Wildman–Crippen LogP) is 2.90. The summed E-state index contributed by atoms with van der Waals surface area (Å²) < 4.78 is 16.3. The molecule has 154 valence electrons. The molecule has 7 heteroatoms. The van der Waals surface area contributed by atoms with E-state index in [0.29, 0.717) is 37.7 Å². The molecule has 1 aromatic carbocycles. The third kappa shape index (κ3) is 4.58. The Morgan fingerprint density at radius 2 is 2.03 bits per heavy atom. The Bertz CT molecular complexity index is 993. The molecule has 30 heavy (non-hydrogen) atoms. The van der Waals surface area contributed by atoms with Crippen LogP contribution in [0.15, 0.2) is 61.1 Å². The van der Waals surface area contributed by atoms with Crippen molar-refractivity contribution < 1.29 is 19.0 Å². The Hall–Kier alpha value is -3.45. The van der Waals surface area contributed by atoms with E-state index in [2.05, 4.69) is 21.4 Å². The molecule has 1 aliphatic heterocycles. The monoisotopic (exact) mass is 405 g/mol. The van der Waals surface area contributed by atoms with Crippen molar-refractivity contribution in [3.05, 3.63) is 72.2 Å². The lowest BCUT2D eigenvalue weighted by Gasteiger charge is -2.28. The lowest BCUT2D eigenvalue weighted by Crippen LogP contribution is -2.42. The number of benzene rings is 1. The number of hydrogen-bond donors (Lipinski definition) is 1. The molecular formula is C23H23N3O4. The van der Waals surface area contributed by atoms with Crippen LogP contribution in [0, 0.1) is 0 Å². The Labute approximate surface area is 175 Å². The van der Waals surface area contributed by atoms with Crippen LogP contribution in [0.3, 0.4) is 0 Å². The molecule has 0 saturated heterocycles. The van der Waals surface area contributed by atoms with Crippen LogP contribution in [0.2, 0.25) is 0 Å². The van der Waals surface area contributed by atoms with E-state index in [1.54, 1.807) is 31.6 Å². The number of rotatable bonds is 7. The summed E-state index contributed by atoms with van der Waals surface area (Å²) in [4.78, 5) is 20.9. The maximum absolute atomic E-state index is 12.7. The van der Waals surface area contributed by atoms with E-state index in [1.807, 2.05) is 24.3 Å². The standard InChI is InChI=1S/C23H23N3O4/c1-28-11-12-29-22-6-5-17(14-25-22)23(27)26-18-13-20-19(16-7-9-24-10-8-16)3-2-4-21(20)30-15-18/h2-10,14,18H,11-13,15H2,1H3,(H,26,27)/t18-/m0/s1. The van der Waals surface area contributed by atoms with E-state index in [1.165, 1.54) is 6.20 Å². The number of fused-ring (bicyclic) bond motifs is 1. The van der Waals surface area contributed by atoms with E-state index in [4.69, 9.17) is 14.2 Å². The van der Waals surface area contributed by atoms with Gasteiger partial charge in [-0.05, 0) is 35.4 Å². The molecule has 3 heterocycles. The number of nitrogens with one attached hydrogen (secondary N) is 1. The molecule has 0 unspecified atom stereocenters. The minimum absolute atomic E-state index is 0.134. The van der Waals surface area contributed by atoms with Gasteiger partial charge in [-0.2, -0.15) is 0 Å². The van der Waals surface area contributed by atoms with Gasteiger partial charge in [-0.3, -0.25) is 9.78 Å². The SMILES string of the molecule is COCCOc1ccc(C(=O)N[C@@H]2COc3cccc(-c4ccncc4)c3C2)cn1. The summed E-state index contributed by atoms with van der Waals surface area (Å²) in [7, 11) is 1.61. The first-order valence-corrected chi connectivity index (χ1v) is 9.78. The quantitative estimate of drug-likeness (QED) is 0.609. The van der Waals surface area contributed by atoms with Crippen molar-refractivity contribution in [2.24, 2.45) is 0 Å². The van der Waals surface area contributed by atoms with Gasteiger partial charge in [0.25, 0.3) is 5.91 Å². The topological polar surface area (TPSA) is 82.6 Å². The molecule has 1 aliphatic rings. The number of carbonyl (C=O) groups excluding carboxylic acids is 1. The zero-order chi connectivity index (χ0) is 20.8. The molecule has 0 aliphatic carbocycles. The highest BCUT2D eigenvalue weighted by Gasteiger charge is 2.24. The molecule has 1 N–H and O–H groups in total. The average molecular weight is 405 g/mol. The minimum atomic E-state index is -0.190. The van der Waals surface area contributed by atoms with Gasteiger partial charge in [0.1, 0.15) is 19.0 Å². The molecule has 2 aromatic heterocycles. The van der Waals surface area contributed by atoms with E-state index >= 15 is 0 Å². The zero-order valence-corrected chi connectivity index (χ0v) is 16.7. The van der Waals surface area contributed by atoms with Crippen molar-refractivity contribution >= 4 is 5.91 Å². The number of aromatic nitrogens is 2. The van der Waals surface area contributed by atoms with Crippen LogP contribution in [0.1, 0.15) is 15.9 Å². The van der Waals surface area contributed by atoms with E-state index in [-0.39, 0.29) is 11.9 Å². The summed E-state index contributed by atoms with van der Waals surface area (Å²) in [5, 5.41) is 3.05. The van der Waals surface area contributed by atoms with Gasteiger partial charge in [0.05, 0.1) is 18.2 Å². The third-order valence-corrected chi connectivity index (χ3v) is 4.89. The highest BCUT2D eigenvalue weighted by atomic mass is 16.5. The maximum Gasteiger partial charge on any atom is 0.253 e. The van der Waals surface area contributed by atoms with Gasteiger partial charge >= 0.3 is 0 Å². The normalized spacial score (nSPS) is 15.0. The van der Waals surface area contributed by atoms with Gasteiger partial charge in [0, 0.05) is 43.8 Å². The Morgan fingerprint density at radius 3 is 2.80 bits per heavy atom. The maximum atomic E-state index is 12.7. The first kappa shape index (κ1) is 19.8. The third-order valence-electron chi connectivity index (χ3n) is 4.89. The van der Waals surface area contributed by atoms with Crippen LogP contribution in [-0.4, -0.2) is 48.8 Å². The number of nitrogens with zero attached hydrogens (tertiary/aromatic N) is 2. The second-order valence-electron chi connectivity index (χ2n) is 6.93. The van der Waals surface area contributed by atoms with E-state index in [0.717, 1.165) is 22.4 Å². The number of hydrogen-bond acceptors (Lipinski definition) is 6. The Morgan fingerprint density at radius 1 is 1.17 bits per heavy atom. The zero-order valence-electron chi connectivity index (χ0n) is 16.7. The summed E-state index contributed by atoms with van der Waals surface area (Å²) >= 11 is 0. The minimum Gasteiger partial charge on any atom is -0.491 e. The number of methoxy groups -OCH3 is 1. The first-order chi connectivity index (χ1) is 14.7. The summed E-state index contributed by atoms with van der Waals surface area (Å²) in [5.74, 6) is 1.12. The smallest absolute Gasteiger partial charge is 0.253 e. The van der Waals surface area contributed by atoms with Crippen LogP contribution < -0.4 is 14.8 Å². The fourth-order valence-electron chi connectivity index (χ4n) is 3.40. The summed E-state index contributed by atoms with van der Waals surface area (Å²) in [6, 6.07) is 13.2. The molecule has 1 atom stereocenters. The van der Waals surface area contributed by atoms with Crippen molar-refractivity contribution in [2.75, 3.05) is 26.9 Å².